The molecule has 6 nitrogen and oxygen atoms in total. The van der Waals surface area contributed by atoms with Crippen molar-refractivity contribution in [2.75, 3.05) is 18.9 Å². The molecular formula is C24H27N3O3. The molecule has 0 radical (unpaired) electrons. The van der Waals surface area contributed by atoms with Crippen LogP contribution in [0.15, 0.2) is 52.9 Å². The van der Waals surface area contributed by atoms with Crippen molar-refractivity contribution in [1.82, 2.24) is 10.2 Å². The van der Waals surface area contributed by atoms with Crippen LogP contribution >= 0.6 is 0 Å². The zero-order valence-corrected chi connectivity index (χ0v) is 17.4. The number of nitrogens with zero attached hydrogens (tertiary/aromatic N) is 1. The first-order chi connectivity index (χ1) is 14.5. The standard InChI is InChI=1S/C24H27N3O3/c1-3-21-19(17-8-5-7-11-22(17)30-21)14-27(2)15-23(28)26-20-10-6-4-9-18(20)24(29)25-16-12-13-16/h4-11,16H,3,12-15H2,1-2H3,(H,25,29)(H,26,28). The Balaban J connectivity index is 1.42. The number of likely N-dealkylation sites (N-methyl/N-ethyl adjacent to an activating group) is 1. The fourth-order valence-corrected chi connectivity index (χ4v) is 3.65. The summed E-state index contributed by atoms with van der Waals surface area (Å²) in [6.07, 6.45) is 2.84. The molecule has 1 aromatic heterocycles. The van der Waals surface area contributed by atoms with Crippen molar-refractivity contribution in [2.45, 2.75) is 38.8 Å². The second kappa shape index (κ2) is 8.71. The number of fused-ring (bicyclic) bond motifs is 1. The van der Waals surface area contributed by atoms with Gasteiger partial charge in [-0.2, -0.15) is 0 Å². The van der Waals surface area contributed by atoms with Crippen molar-refractivity contribution < 1.29 is 14.0 Å². The van der Waals surface area contributed by atoms with Crippen molar-refractivity contribution >= 4 is 28.5 Å². The number of amides is 2. The van der Waals surface area contributed by atoms with Gasteiger partial charge in [-0.25, -0.2) is 0 Å². The zero-order valence-electron chi connectivity index (χ0n) is 17.4. The lowest BCUT2D eigenvalue weighted by Gasteiger charge is -2.17. The van der Waals surface area contributed by atoms with Crippen LogP contribution in [0.3, 0.4) is 0 Å². The maximum atomic E-state index is 12.7. The highest BCUT2D eigenvalue weighted by atomic mass is 16.3. The molecule has 2 amide bonds. The van der Waals surface area contributed by atoms with Crippen molar-refractivity contribution in [3.05, 3.63) is 65.4 Å². The molecule has 3 aromatic rings. The topological polar surface area (TPSA) is 74.6 Å². The summed E-state index contributed by atoms with van der Waals surface area (Å²) in [6, 6.07) is 15.4. The first kappa shape index (κ1) is 20.2. The van der Waals surface area contributed by atoms with Crippen LogP contribution in [0.5, 0.6) is 0 Å². The summed E-state index contributed by atoms with van der Waals surface area (Å²) in [5.41, 5.74) is 3.02. The smallest absolute Gasteiger partial charge is 0.253 e. The molecular weight excluding hydrogens is 378 g/mol. The maximum absolute atomic E-state index is 12.7. The summed E-state index contributed by atoms with van der Waals surface area (Å²) in [7, 11) is 1.91. The normalized spacial score (nSPS) is 13.6. The van der Waals surface area contributed by atoms with Crippen LogP contribution in [0, 0.1) is 0 Å². The number of rotatable bonds is 8. The molecule has 30 heavy (non-hydrogen) atoms. The van der Waals surface area contributed by atoms with E-state index in [1.165, 1.54) is 0 Å². The molecule has 0 spiro atoms. The molecule has 2 aromatic carbocycles. The van der Waals surface area contributed by atoms with E-state index in [9.17, 15) is 9.59 Å². The Morgan fingerprint density at radius 2 is 1.83 bits per heavy atom. The predicted octanol–water partition coefficient (Wildman–Crippen LogP) is 3.96. The molecule has 0 saturated heterocycles. The number of aryl methyl sites for hydroxylation is 1. The van der Waals surface area contributed by atoms with Crippen molar-refractivity contribution in [2.24, 2.45) is 0 Å². The second-order valence-corrected chi connectivity index (χ2v) is 7.87. The second-order valence-electron chi connectivity index (χ2n) is 7.87. The van der Waals surface area contributed by atoms with Crippen LogP contribution in [0.1, 0.15) is 41.4 Å². The van der Waals surface area contributed by atoms with Crippen LogP contribution in [-0.4, -0.2) is 36.3 Å². The van der Waals surface area contributed by atoms with E-state index in [0.29, 0.717) is 17.8 Å². The summed E-state index contributed by atoms with van der Waals surface area (Å²) >= 11 is 0. The molecule has 6 heteroatoms. The first-order valence-electron chi connectivity index (χ1n) is 10.4. The third-order valence-electron chi connectivity index (χ3n) is 5.30. The number of carbonyl (C=O) groups excluding carboxylic acids is 2. The number of nitrogens with one attached hydrogen (secondary N) is 2. The van der Waals surface area contributed by atoms with Gasteiger partial charge in [-0.05, 0) is 38.1 Å². The van der Waals surface area contributed by atoms with Gasteiger partial charge in [-0.15, -0.1) is 0 Å². The molecule has 1 fully saturated rings. The van der Waals surface area contributed by atoms with E-state index in [4.69, 9.17) is 4.42 Å². The molecule has 1 heterocycles. The molecule has 2 N–H and O–H groups in total. The molecule has 0 aliphatic heterocycles. The van der Waals surface area contributed by atoms with Crippen LogP contribution < -0.4 is 10.6 Å². The number of furan rings is 1. The van der Waals surface area contributed by atoms with Gasteiger partial charge in [0.25, 0.3) is 5.91 Å². The highest BCUT2D eigenvalue weighted by molar-refractivity contribution is 6.04. The van der Waals surface area contributed by atoms with Gasteiger partial charge in [0.15, 0.2) is 0 Å². The van der Waals surface area contributed by atoms with E-state index in [-0.39, 0.29) is 24.4 Å². The summed E-state index contributed by atoms with van der Waals surface area (Å²) in [4.78, 5) is 27.1. The summed E-state index contributed by atoms with van der Waals surface area (Å²) < 4.78 is 5.96. The molecule has 156 valence electrons. The Morgan fingerprint density at radius 1 is 1.10 bits per heavy atom. The first-order valence-corrected chi connectivity index (χ1v) is 10.4. The Morgan fingerprint density at radius 3 is 2.60 bits per heavy atom. The quantitative estimate of drug-likeness (QED) is 0.595. The molecule has 0 bridgehead atoms. The molecule has 1 saturated carbocycles. The van der Waals surface area contributed by atoms with Crippen LogP contribution in [0.25, 0.3) is 11.0 Å². The lowest BCUT2D eigenvalue weighted by atomic mass is 10.1. The largest absolute Gasteiger partial charge is 0.461 e. The lowest BCUT2D eigenvalue weighted by molar-refractivity contribution is -0.117. The minimum absolute atomic E-state index is 0.140. The average molecular weight is 405 g/mol. The SMILES string of the molecule is CCc1oc2ccccc2c1CN(C)CC(=O)Nc1ccccc1C(=O)NC1CC1. The van der Waals surface area contributed by atoms with Gasteiger partial charge in [-0.1, -0.05) is 37.3 Å². The zero-order chi connectivity index (χ0) is 21.1. The van der Waals surface area contributed by atoms with Gasteiger partial charge in [0.1, 0.15) is 11.3 Å². The Bertz CT molecular complexity index is 1070. The molecule has 1 aliphatic carbocycles. The minimum atomic E-state index is -0.157. The Hall–Kier alpha value is -3.12. The molecule has 4 rings (SSSR count). The van der Waals surface area contributed by atoms with Gasteiger partial charge in [0.05, 0.1) is 17.8 Å². The Labute approximate surface area is 176 Å². The van der Waals surface area contributed by atoms with E-state index in [1.54, 1.807) is 18.2 Å². The summed E-state index contributed by atoms with van der Waals surface area (Å²) in [5, 5.41) is 6.96. The van der Waals surface area contributed by atoms with Gasteiger partial charge in [0, 0.05) is 30.0 Å². The van der Waals surface area contributed by atoms with Gasteiger partial charge < -0.3 is 15.1 Å². The highest BCUT2D eigenvalue weighted by Crippen LogP contribution is 2.27. The maximum Gasteiger partial charge on any atom is 0.253 e. The van der Waals surface area contributed by atoms with E-state index in [1.807, 2.05) is 36.2 Å². The average Bonchev–Trinajstić information content (AvgIpc) is 3.48. The number of hydrogen-bond acceptors (Lipinski definition) is 4. The number of carbonyl (C=O) groups is 2. The molecule has 0 atom stereocenters. The fourth-order valence-electron chi connectivity index (χ4n) is 3.65. The van der Waals surface area contributed by atoms with Crippen molar-refractivity contribution in [1.29, 1.82) is 0 Å². The third kappa shape index (κ3) is 4.54. The Kier molecular flexibility index (Phi) is 5.86. The van der Waals surface area contributed by atoms with Crippen molar-refractivity contribution in [3.8, 4) is 0 Å². The van der Waals surface area contributed by atoms with E-state index in [2.05, 4.69) is 23.6 Å². The van der Waals surface area contributed by atoms with Gasteiger partial charge >= 0.3 is 0 Å². The number of para-hydroxylation sites is 2. The number of hydrogen-bond donors (Lipinski definition) is 2. The monoisotopic (exact) mass is 405 g/mol. The lowest BCUT2D eigenvalue weighted by Crippen LogP contribution is -2.31. The highest BCUT2D eigenvalue weighted by Gasteiger charge is 2.25. The van der Waals surface area contributed by atoms with E-state index >= 15 is 0 Å². The predicted molar refractivity (Wildman–Crippen MR) is 117 cm³/mol. The number of anilines is 1. The number of benzene rings is 2. The van der Waals surface area contributed by atoms with E-state index < -0.39 is 0 Å². The van der Waals surface area contributed by atoms with Gasteiger partial charge in [-0.3, -0.25) is 14.5 Å². The van der Waals surface area contributed by atoms with Gasteiger partial charge in [0.2, 0.25) is 5.91 Å². The van der Waals surface area contributed by atoms with Crippen molar-refractivity contribution in [3.63, 3.8) is 0 Å². The summed E-state index contributed by atoms with van der Waals surface area (Å²) in [6.45, 7) is 2.89. The third-order valence-corrected chi connectivity index (χ3v) is 5.30. The van der Waals surface area contributed by atoms with Crippen LogP contribution in [-0.2, 0) is 17.8 Å². The van der Waals surface area contributed by atoms with Crippen LogP contribution in [0.2, 0.25) is 0 Å². The molecule has 1 aliphatic rings. The van der Waals surface area contributed by atoms with E-state index in [0.717, 1.165) is 41.6 Å². The molecule has 0 unspecified atom stereocenters. The fraction of sp³-hybridized carbons (Fsp3) is 0.333. The summed E-state index contributed by atoms with van der Waals surface area (Å²) in [5.74, 6) is 0.653. The minimum Gasteiger partial charge on any atom is -0.461 e. The van der Waals surface area contributed by atoms with Crippen LogP contribution in [0.4, 0.5) is 5.69 Å².